The molecule has 0 aliphatic carbocycles. The smallest absolute Gasteiger partial charge is 0.0593 e. The van der Waals surface area contributed by atoms with Crippen LogP contribution in [0.15, 0.2) is 22.7 Å². The number of ether oxygens (including phenoxy) is 1. The molecule has 16 heavy (non-hydrogen) atoms. The monoisotopic (exact) mass is 286 g/mol. The molecule has 0 aromatic heterocycles. The van der Waals surface area contributed by atoms with Crippen LogP contribution >= 0.6 is 15.9 Å². The van der Waals surface area contributed by atoms with Crippen molar-refractivity contribution in [2.75, 3.05) is 32.5 Å². The fourth-order valence-electron chi connectivity index (χ4n) is 1.43. The van der Waals surface area contributed by atoms with E-state index in [0.717, 1.165) is 36.5 Å². The van der Waals surface area contributed by atoms with E-state index in [1.807, 2.05) is 19.1 Å². The van der Waals surface area contributed by atoms with Crippen LogP contribution < -0.4 is 5.73 Å². The first-order valence-corrected chi connectivity index (χ1v) is 6.23. The van der Waals surface area contributed by atoms with Gasteiger partial charge in [0.2, 0.25) is 0 Å². The second-order valence-corrected chi connectivity index (χ2v) is 4.64. The number of likely N-dealkylation sites (N-methyl/N-ethyl adjacent to an activating group) is 1. The Morgan fingerprint density at radius 1 is 1.44 bits per heavy atom. The van der Waals surface area contributed by atoms with E-state index < -0.39 is 0 Å². The highest BCUT2D eigenvalue weighted by atomic mass is 79.9. The molecule has 0 fully saturated rings. The van der Waals surface area contributed by atoms with Gasteiger partial charge in [-0.1, -0.05) is 22.0 Å². The van der Waals surface area contributed by atoms with Crippen LogP contribution in [-0.4, -0.2) is 31.7 Å². The van der Waals surface area contributed by atoms with Crippen molar-refractivity contribution in [2.45, 2.75) is 13.5 Å². The molecule has 1 aromatic carbocycles. The van der Waals surface area contributed by atoms with Crippen LogP contribution in [-0.2, 0) is 11.3 Å². The number of hydrogen-bond acceptors (Lipinski definition) is 3. The van der Waals surface area contributed by atoms with E-state index in [-0.39, 0.29) is 0 Å². The lowest BCUT2D eigenvalue weighted by Crippen LogP contribution is -2.23. The van der Waals surface area contributed by atoms with Gasteiger partial charge in [-0.25, -0.2) is 0 Å². The molecular formula is C12H19BrN2O. The summed E-state index contributed by atoms with van der Waals surface area (Å²) in [5, 5.41) is 0. The molecule has 0 unspecified atom stereocenters. The molecule has 0 saturated carbocycles. The highest BCUT2D eigenvalue weighted by molar-refractivity contribution is 9.10. The summed E-state index contributed by atoms with van der Waals surface area (Å²) in [6.07, 6.45) is 0. The molecule has 0 bridgehead atoms. The van der Waals surface area contributed by atoms with E-state index in [1.54, 1.807) is 0 Å². The minimum atomic E-state index is 0.777. The van der Waals surface area contributed by atoms with Crippen molar-refractivity contribution >= 4 is 21.6 Å². The van der Waals surface area contributed by atoms with Gasteiger partial charge in [-0.2, -0.15) is 0 Å². The van der Waals surface area contributed by atoms with Crippen molar-refractivity contribution in [2.24, 2.45) is 0 Å². The third kappa shape index (κ3) is 4.51. The van der Waals surface area contributed by atoms with Gasteiger partial charge in [-0.3, -0.25) is 4.90 Å². The molecule has 0 amide bonds. The Morgan fingerprint density at radius 3 is 2.81 bits per heavy atom. The largest absolute Gasteiger partial charge is 0.399 e. The molecule has 0 spiro atoms. The maximum atomic E-state index is 5.69. The summed E-state index contributed by atoms with van der Waals surface area (Å²) >= 11 is 3.52. The first kappa shape index (κ1) is 13.5. The SMILES string of the molecule is CCOCCN(C)Cc1ccc(N)cc1Br. The Hall–Kier alpha value is -0.580. The minimum absolute atomic E-state index is 0.777. The van der Waals surface area contributed by atoms with Crippen molar-refractivity contribution in [3.8, 4) is 0 Å². The molecule has 0 atom stereocenters. The van der Waals surface area contributed by atoms with Gasteiger partial charge in [0.1, 0.15) is 0 Å². The van der Waals surface area contributed by atoms with Gasteiger partial charge < -0.3 is 10.5 Å². The Kier molecular flexibility index (Phi) is 5.80. The fraction of sp³-hybridized carbons (Fsp3) is 0.500. The van der Waals surface area contributed by atoms with Crippen LogP contribution in [0.4, 0.5) is 5.69 Å². The number of hydrogen-bond donors (Lipinski definition) is 1. The van der Waals surface area contributed by atoms with E-state index in [0.29, 0.717) is 0 Å². The van der Waals surface area contributed by atoms with Crippen LogP contribution in [0.2, 0.25) is 0 Å². The van der Waals surface area contributed by atoms with Gasteiger partial charge in [-0.15, -0.1) is 0 Å². The van der Waals surface area contributed by atoms with Gasteiger partial charge in [-0.05, 0) is 31.7 Å². The summed E-state index contributed by atoms with van der Waals surface area (Å²) in [5.41, 5.74) is 7.72. The van der Waals surface area contributed by atoms with Crippen molar-refractivity contribution in [3.63, 3.8) is 0 Å². The quantitative estimate of drug-likeness (QED) is 0.645. The first-order valence-electron chi connectivity index (χ1n) is 5.43. The van der Waals surface area contributed by atoms with Gasteiger partial charge in [0.25, 0.3) is 0 Å². The molecule has 0 heterocycles. The maximum Gasteiger partial charge on any atom is 0.0593 e. The molecule has 1 aromatic rings. The number of anilines is 1. The summed E-state index contributed by atoms with van der Waals surface area (Å²) < 4.78 is 6.38. The number of nitrogens with two attached hydrogens (primary N) is 1. The third-order valence-corrected chi connectivity index (χ3v) is 3.08. The Bertz CT molecular complexity index is 331. The Labute approximate surface area is 106 Å². The summed E-state index contributed by atoms with van der Waals surface area (Å²) in [7, 11) is 2.09. The number of rotatable bonds is 6. The van der Waals surface area contributed by atoms with E-state index in [1.165, 1.54) is 5.56 Å². The first-order chi connectivity index (χ1) is 7.63. The molecule has 90 valence electrons. The zero-order valence-corrected chi connectivity index (χ0v) is 11.5. The molecule has 0 aliphatic rings. The molecule has 3 nitrogen and oxygen atoms in total. The third-order valence-electron chi connectivity index (χ3n) is 2.34. The molecular weight excluding hydrogens is 268 g/mol. The molecule has 2 N–H and O–H groups in total. The fourth-order valence-corrected chi connectivity index (χ4v) is 1.95. The van der Waals surface area contributed by atoms with Crippen LogP contribution in [0.3, 0.4) is 0 Å². The van der Waals surface area contributed by atoms with E-state index >= 15 is 0 Å². The lowest BCUT2D eigenvalue weighted by molar-refractivity contribution is 0.120. The highest BCUT2D eigenvalue weighted by Gasteiger charge is 2.04. The van der Waals surface area contributed by atoms with Crippen molar-refractivity contribution in [1.29, 1.82) is 0 Å². The van der Waals surface area contributed by atoms with Crippen molar-refractivity contribution in [3.05, 3.63) is 28.2 Å². The zero-order chi connectivity index (χ0) is 12.0. The normalized spacial score (nSPS) is 11.0. The Balaban J connectivity index is 2.46. The molecule has 0 radical (unpaired) electrons. The molecule has 4 heteroatoms. The van der Waals surface area contributed by atoms with Crippen LogP contribution in [0.5, 0.6) is 0 Å². The van der Waals surface area contributed by atoms with E-state index in [4.69, 9.17) is 10.5 Å². The number of benzene rings is 1. The van der Waals surface area contributed by atoms with Crippen LogP contribution in [0.25, 0.3) is 0 Å². The summed E-state index contributed by atoms with van der Waals surface area (Å²) in [6, 6.07) is 5.92. The molecule has 0 saturated heterocycles. The highest BCUT2D eigenvalue weighted by Crippen LogP contribution is 2.20. The van der Waals surface area contributed by atoms with Crippen LogP contribution in [0, 0.1) is 0 Å². The molecule has 1 rings (SSSR count). The van der Waals surface area contributed by atoms with Crippen LogP contribution in [0.1, 0.15) is 12.5 Å². The van der Waals surface area contributed by atoms with Gasteiger partial charge in [0, 0.05) is 29.9 Å². The lowest BCUT2D eigenvalue weighted by atomic mass is 10.2. The van der Waals surface area contributed by atoms with E-state index in [9.17, 15) is 0 Å². The lowest BCUT2D eigenvalue weighted by Gasteiger charge is -2.17. The average Bonchev–Trinajstić information content (AvgIpc) is 2.23. The molecule has 0 aliphatic heterocycles. The standard InChI is InChI=1S/C12H19BrN2O/c1-3-16-7-6-15(2)9-10-4-5-11(14)8-12(10)13/h4-5,8H,3,6-7,9,14H2,1-2H3. The number of nitrogens with zero attached hydrogens (tertiary/aromatic N) is 1. The predicted molar refractivity (Wildman–Crippen MR) is 71.4 cm³/mol. The van der Waals surface area contributed by atoms with Gasteiger partial charge in [0.05, 0.1) is 6.61 Å². The average molecular weight is 287 g/mol. The van der Waals surface area contributed by atoms with E-state index in [2.05, 4.69) is 33.9 Å². The minimum Gasteiger partial charge on any atom is -0.399 e. The topological polar surface area (TPSA) is 38.5 Å². The maximum absolute atomic E-state index is 5.69. The van der Waals surface area contributed by atoms with Crippen molar-refractivity contribution < 1.29 is 4.74 Å². The number of halogens is 1. The predicted octanol–water partition coefficient (Wildman–Crippen LogP) is 2.50. The summed E-state index contributed by atoms with van der Waals surface area (Å²) in [6.45, 7) is 5.40. The van der Waals surface area contributed by atoms with Gasteiger partial charge >= 0.3 is 0 Å². The number of nitrogen functional groups attached to an aromatic ring is 1. The van der Waals surface area contributed by atoms with Gasteiger partial charge in [0.15, 0.2) is 0 Å². The second-order valence-electron chi connectivity index (χ2n) is 3.79. The zero-order valence-electron chi connectivity index (χ0n) is 9.87. The second kappa shape index (κ2) is 6.89. The summed E-state index contributed by atoms with van der Waals surface area (Å²) in [4.78, 5) is 2.23. The van der Waals surface area contributed by atoms with Crippen molar-refractivity contribution in [1.82, 2.24) is 4.90 Å². The summed E-state index contributed by atoms with van der Waals surface area (Å²) in [5.74, 6) is 0. The Morgan fingerprint density at radius 2 is 2.19 bits per heavy atom.